The predicted molar refractivity (Wildman–Crippen MR) is 86.6 cm³/mol. The Labute approximate surface area is 138 Å². The molecule has 1 aromatic carbocycles. The summed E-state index contributed by atoms with van der Waals surface area (Å²) in [5.74, 6) is 0.262. The fourth-order valence-corrected chi connectivity index (χ4v) is 2.15. The molecule has 1 N–H and O–H groups in total. The van der Waals surface area contributed by atoms with Crippen molar-refractivity contribution in [2.75, 3.05) is 5.32 Å². The first-order valence-electron chi connectivity index (χ1n) is 7.19. The number of hydrogen-bond acceptors (Lipinski definition) is 6. The number of carbonyl (C=O) groups excluding carboxylic acids is 1. The smallest absolute Gasteiger partial charge is 0.250 e. The third-order valence-corrected chi connectivity index (χ3v) is 3.27. The summed E-state index contributed by atoms with van der Waals surface area (Å²) in [4.78, 5) is 15.6. The normalized spacial score (nSPS) is 10.2. The van der Waals surface area contributed by atoms with Crippen molar-refractivity contribution in [1.82, 2.24) is 15.2 Å². The van der Waals surface area contributed by atoms with Crippen LogP contribution in [0.2, 0.25) is 0 Å². The molecule has 24 heavy (non-hydrogen) atoms. The van der Waals surface area contributed by atoms with Crippen LogP contribution in [0.1, 0.15) is 12.0 Å². The van der Waals surface area contributed by atoms with E-state index in [2.05, 4.69) is 20.5 Å². The Morgan fingerprint density at radius 1 is 1.21 bits per heavy atom. The van der Waals surface area contributed by atoms with Crippen molar-refractivity contribution in [3.63, 3.8) is 0 Å². The summed E-state index contributed by atoms with van der Waals surface area (Å²) in [6, 6.07) is 10.8. The molecule has 0 radical (unpaired) electrons. The van der Waals surface area contributed by atoms with Gasteiger partial charge in [-0.3, -0.25) is 9.78 Å². The van der Waals surface area contributed by atoms with Crippen LogP contribution in [-0.4, -0.2) is 21.1 Å². The first-order valence-corrected chi connectivity index (χ1v) is 7.19. The molecule has 0 atom stereocenters. The van der Waals surface area contributed by atoms with Gasteiger partial charge in [0.05, 0.1) is 17.3 Å². The number of nitriles is 1. The number of aryl methyl sites for hydroxylation is 1. The highest BCUT2D eigenvalue weighted by atomic mass is 16.4. The van der Waals surface area contributed by atoms with Gasteiger partial charge in [0.1, 0.15) is 6.42 Å². The number of rotatable bonds is 4. The SMILES string of the molecule is Cc1ccc(NC(=O)CC#N)c(-c2nnc(-c3ccncc3)o2)c1. The lowest BCUT2D eigenvalue weighted by atomic mass is 10.1. The number of hydrogen-bond donors (Lipinski definition) is 1. The Balaban J connectivity index is 1.97. The summed E-state index contributed by atoms with van der Waals surface area (Å²) in [7, 11) is 0. The molecule has 118 valence electrons. The fourth-order valence-electron chi connectivity index (χ4n) is 2.15. The standard InChI is InChI=1S/C17H13N5O2/c1-11-2-3-14(20-15(23)4-7-18)13(10-11)17-22-21-16(24-17)12-5-8-19-9-6-12/h2-3,5-6,8-10H,4H2,1H3,(H,20,23). The van der Waals surface area contributed by atoms with Gasteiger partial charge in [0, 0.05) is 18.0 Å². The third-order valence-electron chi connectivity index (χ3n) is 3.27. The minimum atomic E-state index is -0.392. The Hall–Kier alpha value is -3.53. The first-order chi connectivity index (χ1) is 11.7. The predicted octanol–water partition coefficient (Wildman–Crippen LogP) is 2.96. The van der Waals surface area contributed by atoms with Gasteiger partial charge in [-0.1, -0.05) is 11.6 Å². The highest BCUT2D eigenvalue weighted by Crippen LogP contribution is 2.30. The van der Waals surface area contributed by atoms with Crippen molar-refractivity contribution < 1.29 is 9.21 Å². The lowest BCUT2D eigenvalue weighted by Crippen LogP contribution is -2.11. The average molecular weight is 319 g/mol. The summed E-state index contributed by atoms with van der Waals surface area (Å²) in [6.45, 7) is 1.92. The third kappa shape index (κ3) is 3.28. The molecule has 0 unspecified atom stereocenters. The van der Waals surface area contributed by atoms with Gasteiger partial charge in [-0.25, -0.2) is 0 Å². The monoisotopic (exact) mass is 319 g/mol. The number of carbonyl (C=O) groups is 1. The number of amides is 1. The van der Waals surface area contributed by atoms with E-state index in [1.165, 1.54) is 0 Å². The van der Waals surface area contributed by atoms with Crippen LogP contribution in [-0.2, 0) is 4.79 Å². The van der Waals surface area contributed by atoms with Crippen LogP contribution in [0.4, 0.5) is 5.69 Å². The zero-order chi connectivity index (χ0) is 16.9. The maximum atomic E-state index is 11.7. The van der Waals surface area contributed by atoms with E-state index in [0.717, 1.165) is 11.1 Å². The number of benzene rings is 1. The molecular formula is C17H13N5O2. The van der Waals surface area contributed by atoms with Crippen LogP contribution in [0, 0.1) is 18.3 Å². The van der Waals surface area contributed by atoms with E-state index in [1.54, 1.807) is 30.6 Å². The first kappa shape index (κ1) is 15.4. The lowest BCUT2D eigenvalue weighted by molar-refractivity contribution is -0.115. The van der Waals surface area contributed by atoms with Gasteiger partial charge in [-0.15, -0.1) is 10.2 Å². The van der Waals surface area contributed by atoms with E-state index < -0.39 is 5.91 Å². The van der Waals surface area contributed by atoms with Gasteiger partial charge in [0.15, 0.2) is 0 Å². The van der Waals surface area contributed by atoms with E-state index in [9.17, 15) is 4.79 Å². The summed E-state index contributed by atoms with van der Waals surface area (Å²) in [5, 5.41) is 19.4. The molecule has 3 aromatic rings. The largest absolute Gasteiger partial charge is 0.416 e. The zero-order valence-corrected chi connectivity index (χ0v) is 12.9. The molecule has 1 amide bonds. The molecule has 2 heterocycles. The number of nitrogens with zero attached hydrogens (tertiary/aromatic N) is 4. The maximum absolute atomic E-state index is 11.7. The number of anilines is 1. The van der Waals surface area contributed by atoms with Crippen LogP contribution in [0.5, 0.6) is 0 Å². The molecule has 0 saturated heterocycles. The van der Waals surface area contributed by atoms with Crippen LogP contribution in [0.25, 0.3) is 22.9 Å². The van der Waals surface area contributed by atoms with E-state index in [1.807, 2.05) is 25.1 Å². The molecular weight excluding hydrogens is 306 g/mol. The number of aromatic nitrogens is 3. The van der Waals surface area contributed by atoms with Gasteiger partial charge in [-0.05, 0) is 31.2 Å². The molecule has 0 bridgehead atoms. The van der Waals surface area contributed by atoms with Crippen molar-refractivity contribution in [2.45, 2.75) is 13.3 Å². The van der Waals surface area contributed by atoms with E-state index in [4.69, 9.17) is 9.68 Å². The van der Waals surface area contributed by atoms with Crippen LogP contribution >= 0.6 is 0 Å². The second kappa shape index (κ2) is 6.71. The van der Waals surface area contributed by atoms with Crippen LogP contribution in [0.15, 0.2) is 47.1 Å². The van der Waals surface area contributed by atoms with Crippen molar-refractivity contribution in [3.8, 4) is 29.0 Å². The van der Waals surface area contributed by atoms with Gasteiger partial charge >= 0.3 is 0 Å². The molecule has 0 saturated carbocycles. The highest BCUT2D eigenvalue weighted by molar-refractivity contribution is 5.95. The van der Waals surface area contributed by atoms with Crippen molar-refractivity contribution in [2.24, 2.45) is 0 Å². The molecule has 3 rings (SSSR count). The van der Waals surface area contributed by atoms with Crippen molar-refractivity contribution >= 4 is 11.6 Å². The summed E-state index contributed by atoms with van der Waals surface area (Å²) < 4.78 is 5.73. The summed E-state index contributed by atoms with van der Waals surface area (Å²) in [5.41, 5.74) is 2.86. The maximum Gasteiger partial charge on any atom is 0.250 e. The second-order valence-electron chi connectivity index (χ2n) is 5.08. The Morgan fingerprint density at radius 2 is 1.96 bits per heavy atom. The molecule has 0 fully saturated rings. The zero-order valence-electron chi connectivity index (χ0n) is 12.9. The van der Waals surface area contributed by atoms with E-state index >= 15 is 0 Å². The molecule has 0 aliphatic carbocycles. The van der Waals surface area contributed by atoms with Crippen molar-refractivity contribution in [1.29, 1.82) is 5.26 Å². The van der Waals surface area contributed by atoms with Gasteiger partial charge in [-0.2, -0.15) is 5.26 Å². The van der Waals surface area contributed by atoms with E-state index in [-0.39, 0.29) is 12.3 Å². The van der Waals surface area contributed by atoms with Gasteiger partial charge < -0.3 is 9.73 Å². The van der Waals surface area contributed by atoms with Gasteiger partial charge in [0.2, 0.25) is 17.7 Å². The molecule has 0 spiro atoms. The Morgan fingerprint density at radius 3 is 2.71 bits per heavy atom. The number of pyridine rings is 1. The summed E-state index contributed by atoms with van der Waals surface area (Å²) in [6.07, 6.45) is 3.05. The van der Waals surface area contributed by atoms with Crippen molar-refractivity contribution in [3.05, 3.63) is 48.3 Å². The topological polar surface area (TPSA) is 105 Å². The Bertz CT molecular complexity index is 912. The van der Waals surface area contributed by atoms with Crippen LogP contribution in [0.3, 0.4) is 0 Å². The van der Waals surface area contributed by atoms with Gasteiger partial charge in [0.25, 0.3) is 0 Å². The molecule has 7 heteroatoms. The highest BCUT2D eigenvalue weighted by Gasteiger charge is 2.15. The fraction of sp³-hybridized carbons (Fsp3) is 0.118. The number of nitrogens with one attached hydrogen (secondary N) is 1. The molecule has 0 aliphatic heterocycles. The van der Waals surface area contributed by atoms with E-state index in [0.29, 0.717) is 17.1 Å². The van der Waals surface area contributed by atoms with Crippen LogP contribution < -0.4 is 5.32 Å². The minimum Gasteiger partial charge on any atom is -0.416 e. The summed E-state index contributed by atoms with van der Waals surface area (Å²) >= 11 is 0. The molecule has 7 nitrogen and oxygen atoms in total. The Kier molecular flexibility index (Phi) is 4.29. The average Bonchev–Trinajstić information content (AvgIpc) is 3.07. The minimum absolute atomic E-state index is 0.223. The second-order valence-corrected chi connectivity index (χ2v) is 5.08. The molecule has 2 aromatic heterocycles. The lowest BCUT2D eigenvalue weighted by Gasteiger charge is -2.08. The quantitative estimate of drug-likeness (QED) is 0.792. The molecule has 0 aliphatic rings.